The van der Waals surface area contributed by atoms with Crippen LogP contribution in [0.15, 0.2) is 4.99 Å². The van der Waals surface area contributed by atoms with Crippen molar-refractivity contribution in [2.75, 3.05) is 7.05 Å². The second-order valence-corrected chi connectivity index (χ2v) is 6.08. The first-order valence-electron chi connectivity index (χ1n) is 6.38. The maximum atomic E-state index is 6.07. The monoisotopic (exact) mass is 225 g/mol. The summed E-state index contributed by atoms with van der Waals surface area (Å²) in [5.74, 6) is 0.703. The largest absolute Gasteiger partial charge is 0.370 e. The molecule has 0 radical (unpaired) electrons. The summed E-state index contributed by atoms with van der Waals surface area (Å²) in [4.78, 5) is 6.74. The summed E-state index contributed by atoms with van der Waals surface area (Å²) >= 11 is 0. The first-order chi connectivity index (χ1) is 7.32. The molecule has 0 aliphatic heterocycles. The molecule has 2 N–H and O–H groups in total. The number of hydrogen-bond acceptors (Lipinski definition) is 1. The Morgan fingerprint density at radius 2 is 1.81 bits per heavy atom. The molecule has 0 amide bonds. The van der Waals surface area contributed by atoms with Crippen LogP contribution in [0.2, 0.25) is 0 Å². The third kappa shape index (κ3) is 3.39. The molecule has 3 nitrogen and oxygen atoms in total. The quantitative estimate of drug-likeness (QED) is 0.580. The van der Waals surface area contributed by atoms with Crippen LogP contribution in [0.25, 0.3) is 0 Å². The average Bonchev–Trinajstić information content (AvgIpc) is 2.66. The van der Waals surface area contributed by atoms with Crippen LogP contribution in [-0.4, -0.2) is 30.0 Å². The second kappa shape index (κ2) is 5.07. The number of guanidine groups is 1. The Morgan fingerprint density at radius 1 is 1.31 bits per heavy atom. The minimum absolute atomic E-state index is 0.227. The number of rotatable bonds is 2. The lowest BCUT2D eigenvalue weighted by Gasteiger charge is -2.36. The van der Waals surface area contributed by atoms with Gasteiger partial charge in [0.2, 0.25) is 0 Å². The highest BCUT2D eigenvalue weighted by Gasteiger charge is 2.25. The van der Waals surface area contributed by atoms with E-state index < -0.39 is 0 Å². The molecule has 16 heavy (non-hydrogen) atoms. The Morgan fingerprint density at radius 3 is 2.25 bits per heavy atom. The van der Waals surface area contributed by atoms with Crippen LogP contribution < -0.4 is 5.73 Å². The average molecular weight is 225 g/mol. The van der Waals surface area contributed by atoms with E-state index in [9.17, 15) is 0 Å². The van der Waals surface area contributed by atoms with Gasteiger partial charge in [-0.15, -0.1) is 0 Å². The molecule has 1 aliphatic carbocycles. The molecule has 1 aliphatic rings. The summed E-state index contributed by atoms with van der Waals surface area (Å²) in [6.07, 6.45) is 5.02. The van der Waals surface area contributed by atoms with Gasteiger partial charge in [-0.1, -0.05) is 33.6 Å². The van der Waals surface area contributed by atoms with Crippen molar-refractivity contribution in [1.82, 2.24) is 4.90 Å². The zero-order valence-electron chi connectivity index (χ0n) is 11.5. The van der Waals surface area contributed by atoms with Crippen molar-refractivity contribution in [1.29, 1.82) is 0 Å². The Kier molecular flexibility index (Phi) is 4.22. The second-order valence-electron chi connectivity index (χ2n) is 6.08. The molecule has 0 aromatic heterocycles. The molecule has 0 aromatic rings. The molecule has 3 heteroatoms. The minimum atomic E-state index is 0.227. The Labute approximate surface area is 100 Å². The molecule has 1 fully saturated rings. The molecule has 1 rings (SSSR count). The SMILES string of the molecule is CC(N(C)C(N)=NC1CCCC1)C(C)(C)C. The van der Waals surface area contributed by atoms with E-state index in [1.165, 1.54) is 25.7 Å². The van der Waals surface area contributed by atoms with E-state index >= 15 is 0 Å². The molecular weight excluding hydrogens is 198 g/mol. The summed E-state index contributed by atoms with van der Waals surface area (Å²) in [6, 6.07) is 0.868. The Balaban J connectivity index is 2.61. The lowest BCUT2D eigenvalue weighted by molar-refractivity contribution is 0.206. The van der Waals surface area contributed by atoms with Gasteiger partial charge in [-0.2, -0.15) is 0 Å². The summed E-state index contributed by atoms with van der Waals surface area (Å²) in [5.41, 5.74) is 6.30. The molecule has 0 bridgehead atoms. The molecular formula is C13H27N3. The smallest absolute Gasteiger partial charge is 0.191 e. The standard InChI is InChI=1S/C13H27N3/c1-10(13(2,3)4)16(5)12(14)15-11-8-6-7-9-11/h10-11H,6-9H2,1-5H3,(H2,14,15). The molecule has 1 saturated carbocycles. The highest BCUT2D eigenvalue weighted by atomic mass is 15.3. The molecule has 0 heterocycles. The van der Waals surface area contributed by atoms with Gasteiger partial charge in [0.25, 0.3) is 0 Å². The summed E-state index contributed by atoms with van der Waals surface area (Å²) < 4.78 is 0. The highest BCUT2D eigenvalue weighted by Crippen LogP contribution is 2.24. The summed E-state index contributed by atoms with van der Waals surface area (Å²) in [5, 5.41) is 0. The first kappa shape index (κ1) is 13.3. The van der Waals surface area contributed by atoms with Crippen LogP contribution in [0.5, 0.6) is 0 Å². The maximum absolute atomic E-state index is 6.07. The van der Waals surface area contributed by atoms with Gasteiger partial charge in [-0.25, -0.2) is 4.99 Å². The number of hydrogen-bond donors (Lipinski definition) is 1. The van der Waals surface area contributed by atoms with Crippen molar-refractivity contribution < 1.29 is 0 Å². The predicted molar refractivity (Wildman–Crippen MR) is 70.6 cm³/mol. The summed E-state index contributed by atoms with van der Waals surface area (Å²) in [6.45, 7) is 8.90. The molecule has 1 atom stereocenters. The van der Waals surface area contributed by atoms with E-state index in [0.29, 0.717) is 18.0 Å². The first-order valence-corrected chi connectivity index (χ1v) is 6.38. The molecule has 1 unspecified atom stereocenters. The van der Waals surface area contributed by atoms with Gasteiger partial charge in [0.15, 0.2) is 5.96 Å². The number of nitrogens with zero attached hydrogens (tertiary/aromatic N) is 2. The number of nitrogens with two attached hydrogens (primary N) is 1. The van der Waals surface area contributed by atoms with Crippen molar-refractivity contribution in [3.63, 3.8) is 0 Å². The Bertz CT molecular complexity index is 246. The van der Waals surface area contributed by atoms with Gasteiger partial charge in [-0.05, 0) is 25.2 Å². The van der Waals surface area contributed by atoms with Gasteiger partial charge in [0.1, 0.15) is 0 Å². The van der Waals surface area contributed by atoms with Crippen molar-refractivity contribution in [3.8, 4) is 0 Å². The molecule has 0 spiro atoms. The maximum Gasteiger partial charge on any atom is 0.191 e. The fourth-order valence-electron chi connectivity index (χ4n) is 2.09. The van der Waals surface area contributed by atoms with Crippen molar-refractivity contribution in [2.45, 2.75) is 65.5 Å². The van der Waals surface area contributed by atoms with Crippen molar-refractivity contribution >= 4 is 5.96 Å². The van der Waals surface area contributed by atoms with Gasteiger partial charge in [0, 0.05) is 13.1 Å². The van der Waals surface area contributed by atoms with Crippen LogP contribution in [0.4, 0.5) is 0 Å². The summed E-state index contributed by atoms with van der Waals surface area (Å²) in [7, 11) is 2.05. The fraction of sp³-hybridized carbons (Fsp3) is 0.923. The molecule has 94 valence electrons. The normalized spacial score (nSPS) is 21.2. The third-order valence-electron chi connectivity index (χ3n) is 3.84. The van der Waals surface area contributed by atoms with Gasteiger partial charge in [0.05, 0.1) is 6.04 Å². The van der Waals surface area contributed by atoms with E-state index in [1.54, 1.807) is 0 Å². The van der Waals surface area contributed by atoms with Crippen molar-refractivity contribution in [3.05, 3.63) is 0 Å². The number of aliphatic imine (C=N–C) groups is 1. The lowest BCUT2D eigenvalue weighted by atomic mass is 9.87. The van der Waals surface area contributed by atoms with Crippen LogP contribution in [0, 0.1) is 5.41 Å². The van der Waals surface area contributed by atoms with E-state index in [2.05, 4.69) is 37.6 Å². The predicted octanol–water partition coefficient (Wildman–Crippen LogP) is 2.61. The van der Waals surface area contributed by atoms with Gasteiger partial charge < -0.3 is 10.6 Å². The topological polar surface area (TPSA) is 41.6 Å². The lowest BCUT2D eigenvalue weighted by Crippen LogP contribution is -2.46. The van der Waals surface area contributed by atoms with Crippen LogP contribution in [0.1, 0.15) is 53.4 Å². The zero-order valence-corrected chi connectivity index (χ0v) is 11.5. The van der Waals surface area contributed by atoms with Gasteiger partial charge in [-0.3, -0.25) is 0 Å². The van der Waals surface area contributed by atoms with E-state index in [0.717, 1.165) is 0 Å². The van der Waals surface area contributed by atoms with Crippen LogP contribution in [0.3, 0.4) is 0 Å². The van der Waals surface area contributed by atoms with Crippen molar-refractivity contribution in [2.24, 2.45) is 16.1 Å². The fourth-order valence-corrected chi connectivity index (χ4v) is 2.09. The van der Waals surface area contributed by atoms with Gasteiger partial charge >= 0.3 is 0 Å². The molecule has 0 aromatic carbocycles. The molecule has 0 saturated heterocycles. The third-order valence-corrected chi connectivity index (χ3v) is 3.84. The zero-order chi connectivity index (χ0) is 12.3. The van der Waals surface area contributed by atoms with Crippen LogP contribution >= 0.6 is 0 Å². The Hall–Kier alpha value is -0.730. The van der Waals surface area contributed by atoms with E-state index in [4.69, 9.17) is 5.73 Å². The van der Waals surface area contributed by atoms with Crippen LogP contribution in [-0.2, 0) is 0 Å². The van der Waals surface area contributed by atoms with E-state index in [1.807, 2.05) is 7.05 Å². The highest BCUT2D eigenvalue weighted by molar-refractivity contribution is 5.78. The van der Waals surface area contributed by atoms with E-state index in [-0.39, 0.29) is 5.41 Å². The minimum Gasteiger partial charge on any atom is -0.370 e.